The van der Waals surface area contributed by atoms with Gasteiger partial charge in [-0.3, -0.25) is 10.2 Å². The van der Waals surface area contributed by atoms with Crippen LogP contribution in [0.1, 0.15) is 25.8 Å². The van der Waals surface area contributed by atoms with Gasteiger partial charge in [-0.1, -0.05) is 17.7 Å². The van der Waals surface area contributed by atoms with Crippen LogP contribution < -0.4 is 16.0 Å². The van der Waals surface area contributed by atoms with E-state index in [2.05, 4.69) is 16.5 Å². The number of hydrazine groups is 1. The van der Waals surface area contributed by atoms with Gasteiger partial charge in [0.1, 0.15) is 22.2 Å². The highest BCUT2D eigenvalue weighted by Gasteiger charge is 2.09. The van der Waals surface area contributed by atoms with Crippen molar-refractivity contribution in [3.63, 3.8) is 0 Å². The summed E-state index contributed by atoms with van der Waals surface area (Å²) in [6.45, 7) is 4.37. The molecule has 0 radical (unpaired) electrons. The van der Waals surface area contributed by atoms with Gasteiger partial charge in [0, 0.05) is 0 Å². The molecule has 0 atom stereocenters. The van der Waals surface area contributed by atoms with Gasteiger partial charge in [0.15, 0.2) is 0 Å². The fraction of sp³-hybridized carbons (Fsp3) is 0.231. The van der Waals surface area contributed by atoms with E-state index in [4.69, 9.17) is 10.6 Å². The Kier molecular flexibility index (Phi) is 4.13. The third-order valence-corrected chi connectivity index (χ3v) is 3.56. The minimum atomic E-state index is -0.338. The van der Waals surface area contributed by atoms with Crippen LogP contribution in [0.25, 0.3) is 0 Å². The predicted octanol–water partition coefficient (Wildman–Crippen LogP) is 1.94. The summed E-state index contributed by atoms with van der Waals surface area (Å²) in [5.74, 6) is 5.55. The average molecular weight is 277 g/mol. The number of benzene rings is 1. The average Bonchev–Trinajstić information content (AvgIpc) is 2.85. The SMILES string of the molecule is Cc1ccc(OCc2ncc(C(=O)NN)s2)c(C)c1. The van der Waals surface area contributed by atoms with Gasteiger partial charge < -0.3 is 4.74 Å². The van der Waals surface area contributed by atoms with Crippen LogP contribution in [0, 0.1) is 13.8 Å². The van der Waals surface area contributed by atoms with Crippen molar-refractivity contribution in [3.05, 3.63) is 45.4 Å². The predicted molar refractivity (Wildman–Crippen MR) is 74.0 cm³/mol. The maximum Gasteiger partial charge on any atom is 0.276 e. The molecule has 0 saturated heterocycles. The number of ether oxygens (including phenoxy) is 1. The van der Waals surface area contributed by atoms with Gasteiger partial charge in [-0.15, -0.1) is 11.3 Å². The summed E-state index contributed by atoms with van der Waals surface area (Å²) in [6.07, 6.45) is 1.49. The molecule has 0 bridgehead atoms. The highest BCUT2D eigenvalue weighted by atomic mass is 32.1. The lowest BCUT2D eigenvalue weighted by atomic mass is 10.1. The Hall–Kier alpha value is -1.92. The van der Waals surface area contributed by atoms with Crippen LogP contribution in [-0.2, 0) is 6.61 Å². The monoisotopic (exact) mass is 277 g/mol. The fourth-order valence-electron chi connectivity index (χ4n) is 1.65. The molecule has 0 unspecified atom stereocenters. The number of nitrogens with zero attached hydrogens (tertiary/aromatic N) is 1. The van der Waals surface area contributed by atoms with E-state index in [9.17, 15) is 4.79 Å². The van der Waals surface area contributed by atoms with E-state index in [0.717, 1.165) is 16.3 Å². The number of nitrogens with two attached hydrogens (primary N) is 1. The molecule has 2 rings (SSSR count). The number of nitrogens with one attached hydrogen (secondary N) is 1. The number of nitrogen functional groups attached to an aromatic ring is 1. The Labute approximate surface area is 115 Å². The lowest BCUT2D eigenvalue weighted by Gasteiger charge is -2.07. The number of rotatable bonds is 4. The van der Waals surface area contributed by atoms with Crippen molar-refractivity contribution in [2.45, 2.75) is 20.5 Å². The van der Waals surface area contributed by atoms with Gasteiger partial charge in [0.25, 0.3) is 5.91 Å². The lowest BCUT2D eigenvalue weighted by Crippen LogP contribution is -2.29. The number of aromatic nitrogens is 1. The summed E-state index contributed by atoms with van der Waals surface area (Å²) < 4.78 is 5.69. The summed E-state index contributed by atoms with van der Waals surface area (Å²) in [5, 5.41) is 0.735. The number of amides is 1. The third kappa shape index (κ3) is 3.30. The molecule has 0 saturated carbocycles. The molecular formula is C13H15N3O2S. The molecule has 0 aliphatic heterocycles. The number of carbonyl (C=O) groups excluding carboxylic acids is 1. The quantitative estimate of drug-likeness (QED) is 0.508. The second kappa shape index (κ2) is 5.81. The van der Waals surface area contributed by atoms with Gasteiger partial charge in [-0.05, 0) is 25.5 Å². The van der Waals surface area contributed by atoms with E-state index in [-0.39, 0.29) is 5.91 Å². The van der Waals surface area contributed by atoms with Gasteiger partial charge in [0.05, 0.1) is 6.20 Å². The maximum absolute atomic E-state index is 11.3. The Morgan fingerprint density at radius 2 is 2.26 bits per heavy atom. The summed E-state index contributed by atoms with van der Waals surface area (Å²) in [4.78, 5) is 15.9. The Morgan fingerprint density at radius 3 is 2.95 bits per heavy atom. The zero-order valence-corrected chi connectivity index (χ0v) is 11.6. The molecule has 0 fully saturated rings. The molecule has 19 heavy (non-hydrogen) atoms. The maximum atomic E-state index is 11.3. The minimum absolute atomic E-state index is 0.338. The first kappa shape index (κ1) is 13.5. The summed E-state index contributed by atoms with van der Waals surface area (Å²) in [7, 11) is 0. The number of hydrogen-bond donors (Lipinski definition) is 2. The van der Waals surface area contributed by atoms with Crippen LogP contribution in [0.2, 0.25) is 0 Å². The molecule has 0 spiro atoms. The molecule has 1 heterocycles. The molecule has 0 aliphatic carbocycles. The summed E-state index contributed by atoms with van der Waals surface area (Å²) in [5.41, 5.74) is 4.35. The van der Waals surface area contributed by atoms with Gasteiger partial charge >= 0.3 is 0 Å². The normalized spacial score (nSPS) is 10.3. The highest BCUT2D eigenvalue weighted by Crippen LogP contribution is 2.21. The molecule has 5 nitrogen and oxygen atoms in total. The smallest absolute Gasteiger partial charge is 0.276 e. The first-order valence-corrected chi connectivity index (χ1v) is 6.57. The lowest BCUT2D eigenvalue weighted by molar-refractivity contribution is 0.0957. The van der Waals surface area contributed by atoms with Crippen LogP contribution in [0.15, 0.2) is 24.4 Å². The van der Waals surface area contributed by atoms with E-state index < -0.39 is 0 Å². The van der Waals surface area contributed by atoms with Crippen LogP contribution in [0.4, 0.5) is 0 Å². The van der Waals surface area contributed by atoms with Crippen LogP contribution in [0.3, 0.4) is 0 Å². The zero-order chi connectivity index (χ0) is 13.8. The molecule has 1 aromatic carbocycles. The van der Waals surface area contributed by atoms with E-state index in [0.29, 0.717) is 11.5 Å². The highest BCUT2D eigenvalue weighted by molar-refractivity contribution is 7.13. The molecule has 0 aliphatic rings. The van der Waals surface area contributed by atoms with E-state index in [1.807, 2.05) is 26.0 Å². The van der Waals surface area contributed by atoms with Crippen molar-refractivity contribution in [1.82, 2.24) is 10.4 Å². The summed E-state index contributed by atoms with van der Waals surface area (Å²) >= 11 is 1.27. The van der Waals surface area contributed by atoms with E-state index in [1.165, 1.54) is 23.1 Å². The standard InChI is InChI=1S/C13H15N3O2S/c1-8-3-4-10(9(2)5-8)18-7-12-15-6-11(19-12)13(17)16-14/h3-6H,7,14H2,1-2H3,(H,16,17). The molecular weight excluding hydrogens is 262 g/mol. The molecule has 3 N–H and O–H groups in total. The van der Waals surface area contributed by atoms with Crippen molar-refractivity contribution in [3.8, 4) is 5.75 Å². The summed E-state index contributed by atoms with van der Waals surface area (Å²) in [6, 6.07) is 5.99. The zero-order valence-electron chi connectivity index (χ0n) is 10.8. The van der Waals surface area contributed by atoms with E-state index in [1.54, 1.807) is 0 Å². The van der Waals surface area contributed by atoms with Gasteiger partial charge in [0.2, 0.25) is 0 Å². The third-order valence-electron chi connectivity index (χ3n) is 2.59. The molecule has 1 amide bonds. The molecule has 6 heteroatoms. The number of aryl methyl sites for hydroxylation is 2. The first-order chi connectivity index (χ1) is 9.10. The van der Waals surface area contributed by atoms with Gasteiger partial charge in [-0.2, -0.15) is 0 Å². The second-order valence-electron chi connectivity index (χ2n) is 4.15. The van der Waals surface area contributed by atoms with Crippen LogP contribution in [-0.4, -0.2) is 10.9 Å². The van der Waals surface area contributed by atoms with E-state index >= 15 is 0 Å². The van der Waals surface area contributed by atoms with Crippen LogP contribution >= 0.6 is 11.3 Å². The Morgan fingerprint density at radius 1 is 1.47 bits per heavy atom. The van der Waals surface area contributed by atoms with Crippen LogP contribution in [0.5, 0.6) is 5.75 Å². The molecule has 100 valence electrons. The largest absolute Gasteiger partial charge is 0.486 e. The van der Waals surface area contributed by atoms with Crippen molar-refractivity contribution >= 4 is 17.2 Å². The van der Waals surface area contributed by atoms with Crippen molar-refractivity contribution in [2.75, 3.05) is 0 Å². The number of hydrogen-bond acceptors (Lipinski definition) is 5. The van der Waals surface area contributed by atoms with Crippen molar-refractivity contribution in [1.29, 1.82) is 0 Å². The van der Waals surface area contributed by atoms with Crippen molar-refractivity contribution in [2.24, 2.45) is 5.84 Å². The second-order valence-corrected chi connectivity index (χ2v) is 5.26. The number of thiazole rings is 1. The van der Waals surface area contributed by atoms with Crippen molar-refractivity contribution < 1.29 is 9.53 Å². The first-order valence-electron chi connectivity index (χ1n) is 5.76. The molecule has 1 aromatic heterocycles. The van der Waals surface area contributed by atoms with Gasteiger partial charge in [-0.25, -0.2) is 10.8 Å². The minimum Gasteiger partial charge on any atom is -0.486 e. The fourth-order valence-corrected chi connectivity index (χ4v) is 2.39. The molecule has 2 aromatic rings. The Balaban J connectivity index is 2.02. The topological polar surface area (TPSA) is 77.2 Å². The number of carbonyl (C=O) groups is 1. The Bertz CT molecular complexity index is 595.